The minimum atomic E-state index is -0.177. The van der Waals surface area contributed by atoms with Crippen molar-refractivity contribution in [1.29, 1.82) is 0 Å². The number of unbranched alkanes of at least 4 members (excludes halogenated alkanes) is 2. The van der Waals surface area contributed by atoms with Gasteiger partial charge in [0.25, 0.3) is 0 Å². The Kier molecular flexibility index (Phi) is 10.5. The molecule has 2 aromatic carbocycles. The Morgan fingerprint density at radius 2 is 1.47 bits per heavy atom. The molecule has 0 aromatic heterocycles. The third-order valence-electron chi connectivity index (χ3n) is 7.33. The van der Waals surface area contributed by atoms with Gasteiger partial charge in [-0.05, 0) is 77.3 Å². The van der Waals surface area contributed by atoms with Gasteiger partial charge in [0.15, 0.2) is 0 Å². The normalized spacial score (nSPS) is 18.9. The van der Waals surface area contributed by atoms with Gasteiger partial charge in [0, 0.05) is 30.0 Å². The van der Waals surface area contributed by atoms with E-state index in [2.05, 4.69) is 69.2 Å². The molecule has 1 heterocycles. The fourth-order valence-electron chi connectivity index (χ4n) is 5.40. The highest BCUT2D eigenvalue weighted by Crippen LogP contribution is 2.42. The highest BCUT2D eigenvalue weighted by atomic mass is 16.7. The standard InChI is InChI=1S/C31H45NO4/c1-30(2)20-14-21-31(3,4)32(30)36-28(26-17-10-6-11-18-26)23-27(25-15-8-5-9-16-25)24-35-29(34)19-12-7-13-22-33/h5-6,8-11,15-18,27-28,33H,7,12-14,19-24H2,1-4H3. The fourth-order valence-corrected chi connectivity index (χ4v) is 5.40. The second kappa shape index (κ2) is 13.4. The second-order valence-corrected chi connectivity index (χ2v) is 11.3. The largest absolute Gasteiger partial charge is 0.465 e. The van der Waals surface area contributed by atoms with Crippen LogP contribution in [0.3, 0.4) is 0 Å². The molecular weight excluding hydrogens is 450 g/mol. The van der Waals surface area contributed by atoms with E-state index in [0.717, 1.165) is 43.2 Å². The van der Waals surface area contributed by atoms with Crippen molar-refractivity contribution in [3.05, 3.63) is 71.8 Å². The number of benzene rings is 2. The Morgan fingerprint density at radius 3 is 2.06 bits per heavy atom. The van der Waals surface area contributed by atoms with E-state index in [1.54, 1.807) is 0 Å². The number of esters is 1. The van der Waals surface area contributed by atoms with Crippen molar-refractivity contribution in [2.24, 2.45) is 0 Å². The number of hydroxylamine groups is 2. The summed E-state index contributed by atoms with van der Waals surface area (Å²) in [7, 11) is 0. The van der Waals surface area contributed by atoms with Gasteiger partial charge in [-0.15, -0.1) is 0 Å². The Labute approximate surface area is 217 Å². The van der Waals surface area contributed by atoms with Crippen LogP contribution in [-0.4, -0.2) is 40.4 Å². The first kappa shape index (κ1) is 28.4. The number of carbonyl (C=O) groups excluding carboxylic acids is 1. The number of aliphatic hydroxyl groups excluding tert-OH is 1. The number of ether oxygens (including phenoxy) is 1. The molecule has 0 spiro atoms. The molecule has 36 heavy (non-hydrogen) atoms. The van der Waals surface area contributed by atoms with Crippen molar-refractivity contribution >= 4 is 5.97 Å². The molecule has 198 valence electrons. The smallest absolute Gasteiger partial charge is 0.305 e. The number of carbonyl (C=O) groups is 1. The number of hydrogen-bond acceptors (Lipinski definition) is 5. The Hall–Kier alpha value is -2.21. The molecule has 5 nitrogen and oxygen atoms in total. The van der Waals surface area contributed by atoms with Gasteiger partial charge >= 0.3 is 5.97 Å². The molecule has 0 amide bonds. The molecule has 3 rings (SSSR count). The lowest BCUT2D eigenvalue weighted by atomic mass is 9.82. The summed E-state index contributed by atoms with van der Waals surface area (Å²) in [6, 6.07) is 20.7. The van der Waals surface area contributed by atoms with Crippen molar-refractivity contribution < 1.29 is 19.5 Å². The SMILES string of the molecule is CC1(C)CCCC(C)(C)N1OC(CC(COC(=O)CCCCCO)c1ccccc1)c1ccccc1. The first-order chi connectivity index (χ1) is 17.2. The van der Waals surface area contributed by atoms with Crippen LogP contribution in [0.15, 0.2) is 60.7 Å². The average molecular weight is 496 g/mol. The van der Waals surface area contributed by atoms with E-state index in [0.29, 0.717) is 19.4 Å². The van der Waals surface area contributed by atoms with Crippen LogP contribution < -0.4 is 0 Å². The highest BCUT2D eigenvalue weighted by molar-refractivity contribution is 5.69. The van der Waals surface area contributed by atoms with E-state index in [1.807, 2.05) is 24.3 Å². The van der Waals surface area contributed by atoms with Gasteiger partial charge in [-0.3, -0.25) is 9.63 Å². The fraction of sp³-hybridized carbons (Fsp3) is 0.581. The summed E-state index contributed by atoms with van der Waals surface area (Å²) >= 11 is 0. The Balaban J connectivity index is 1.80. The van der Waals surface area contributed by atoms with E-state index in [1.165, 1.54) is 6.42 Å². The summed E-state index contributed by atoms with van der Waals surface area (Å²) < 4.78 is 5.78. The Morgan fingerprint density at radius 1 is 0.889 bits per heavy atom. The first-order valence-corrected chi connectivity index (χ1v) is 13.6. The maximum Gasteiger partial charge on any atom is 0.305 e. The number of rotatable bonds is 13. The molecule has 1 aliphatic rings. The summed E-state index contributed by atoms with van der Waals surface area (Å²) in [6.45, 7) is 9.55. The van der Waals surface area contributed by atoms with Crippen LogP contribution in [-0.2, 0) is 14.4 Å². The van der Waals surface area contributed by atoms with Gasteiger partial charge in [-0.25, -0.2) is 0 Å². The molecular formula is C31H45NO4. The predicted octanol–water partition coefficient (Wildman–Crippen LogP) is 6.97. The molecule has 1 N–H and O–H groups in total. The van der Waals surface area contributed by atoms with Crippen molar-refractivity contribution in [1.82, 2.24) is 5.06 Å². The monoisotopic (exact) mass is 495 g/mol. The van der Waals surface area contributed by atoms with Crippen LogP contribution >= 0.6 is 0 Å². The molecule has 1 saturated heterocycles. The molecule has 0 saturated carbocycles. The summed E-state index contributed by atoms with van der Waals surface area (Å²) in [5.74, 6) is -0.168. The van der Waals surface area contributed by atoms with Crippen LogP contribution in [0.1, 0.15) is 102 Å². The number of piperidine rings is 1. The van der Waals surface area contributed by atoms with Crippen LogP contribution in [0.2, 0.25) is 0 Å². The van der Waals surface area contributed by atoms with Gasteiger partial charge in [0.1, 0.15) is 6.10 Å². The van der Waals surface area contributed by atoms with Gasteiger partial charge in [0.05, 0.1) is 6.61 Å². The lowest BCUT2D eigenvalue weighted by molar-refractivity contribution is -0.309. The first-order valence-electron chi connectivity index (χ1n) is 13.6. The molecule has 5 heteroatoms. The van der Waals surface area contributed by atoms with E-state index in [4.69, 9.17) is 14.7 Å². The average Bonchev–Trinajstić information content (AvgIpc) is 2.86. The molecule has 1 fully saturated rings. The third-order valence-corrected chi connectivity index (χ3v) is 7.33. The van der Waals surface area contributed by atoms with E-state index in [-0.39, 0.29) is 35.7 Å². The second-order valence-electron chi connectivity index (χ2n) is 11.3. The topological polar surface area (TPSA) is 59.0 Å². The van der Waals surface area contributed by atoms with Crippen LogP contribution in [0.25, 0.3) is 0 Å². The van der Waals surface area contributed by atoms with Crippen molar-refractivity contribution in [3.8, 4) is 0 Å². The minimum absolute atomic E-state index is 0.00816. The van der Waals surface area contributed by atoms with Crippen LogP contribution in [0.4, 0.5) is 0 Å². The number of nitrogens with zero attached hydrogens (tertiary/aromatic N) is 1. The van der Waals surface area contributed by atoms with Gasteiger partial charge in [-0.1, -0.05) is 67.1 Å². The van der Waals surface area contributed by atoms with E-state index >= 15 is 0 Å². The zero-order valence-corrected chi connectivity index (χ0v) is 22.6. The summed E-state index contributed by atoms with van der Waals surface area (Å²) in [6.07, 6.45) is 6.59. The highest BCUT2D eigenvalue weighted by Gasteiger charge is 2.44. The van der Waals surface area contributed by atoms with E-state index < -0.39 is 0 Å². The lowest BCUT2D eigenvalue weighted by Crippen LogP contribution is -2.58. The number of aliphatic hydroxyl groups is 1. The van der Waals surface area contributed by atoms with Gasteiger partial charge in [-0.2, -0.15) is 5.06 Å². The van der Waals surface area contributed by atoms with E-state index in [9.17, 15) is 4.79 Å². The Bertz CT molecular complexity index is 897. The summed E-state index contributed by atoms with van der Waals surface area (Å²) in [4.78, 5) is 19.4. The summed E-state index contributed by atoms with van der Waals surface area (Å²) in [5.41, 5.74) is 2.13. The zero-order chi connectivity index (χ0) is 26.0. The summed E-state index contributed by atoms with van der Waals surface area (Å²) in [5, 5.41) is 11.2. The number of hydrogen-bond donors (Lipinski definition) is 1. The molecule has 2 aromatic rings. The third kappa shape index (κ3) is 8.16. The van der Waals surface area contributed by atoms with Crippen molar-refractivity contribution in [3.63, 3.8) is 0 Å². The maximum atomic E-state index is 12.5. The van der Waals surface area contributed by atoms with Crippen molar-refractivity contribution in [2.45, 2.75) is 102 Å². The minimum Gasteiger partial charge on any atom is -0.465 e. The molecule has 0 radical (unpaired) electrons. The molecule has 1 aliphatic heterocycles. The zero-order valence-electron chi connectivity index (χ0n) is 22.6. The molecule has 0 bridgehead atoms. The molecule has 2 atom stereocenters. The van der Waals surface area contributed by atoms with Crippen molar-refractivity contribution in [2.75, 3.05) is 13.2 Å². The lowest BCUT2D eigenvalue weighted by Gasteiger charge is -2.52. The van der Waals surface area contributed by atoms with Crippen LogP contribution in [0, 0.1) is 0 Å². The quantitative estimate of drug-likeness (QED) is 0.240. The van der Waals surface area contributed by atoms with Gasteiger partial charge in [0.2, 0.25) is 0 Å². The van der Waals surface area contributed by atoms with Crippen LogP contribution in [0.5, 0.6) is 0 Å². The maximum absolute atomic E-state index is 12.5. The molecule has 2 unspecified atom stereocenters. The molecule has 0 aliphatic carbocycles. The predicted molar refractivity (Wildman–Crippen MR) is 144 cm³/mol. The van der Waals surface area contributed by atoms with Gasteiger partial charge < -0.3 is 9.84 Å².